The van der Waals surface area contributed by atoms with Gasteiger partial charge in [0, 0.05) is 37.2 Å². The van der Waals surface area contributed by atoms with Crippen LogP contribution in [0.15, 0.2) is 29.1 Å². The number of alkyl halides is 1. The number of anilines is 2. The summed E-state index contributed by atoms with van der Waals surface area (Å²) in [5, 5.41) is 17.8. The molecule has 2 heterocycles. The van der Waals surface area contributed by atoms with E-state index in [-0.39, 0.29) is 41.3 Å². The third kappa shape index (κ3) is 6.81. The van der Waals surface area contributed by atoms with E-state index in [9.17, 15) is 24.0 Å². The first-order valence-electron chi connectivity index (χ1n) is 11.4. The fourth-order valence-electron chi connectivity index (χ4n) is 3.71. The van der Waals surface area contributed by atoms with Crippen LogP contribution in [-0.4, -0.2) is 53.6 Å². The molecule has 3 N–H and O–H groups in total. The number of nitriles is 1. The molecule has 0 spiro atoms. The molecule has 0 unspecified atom stereocenters. The lowest BCUT2D eigenvalue weighted by Crippen LogP contribution is -2.39. The van der Waals surface area contributed by atoms with Crippen molar-refractivity contribution in [2.75, 3.05) is 36.8 Å². The van der Waals surface area contributed by atoms with Gasteiger partial charge >= 0.3 is 0 Å². The normalized spacial score (nSPS) is 15.5. The van der Waals surface area contributed by atoms with Gasteiger partial charge in [-0.3, -0.25) is 23.9 Å². The first-order valence-corrected chi connectivity index (χ1v) is 12.3. The number of hydrogen-bond acceptors (Lipinski definition) is 7. The number of hydrogen-bond donors (Lipinski definition) is 3. The summed E-state index contributed by atoms with van der Waals surface area (Å²) in [6.45, 7) is 3.29. The lowest BCUT2D eigenvalue weighted by molar-refractivity contribution is -0.117. The maximum Gasteiger partial charge on any atom is 0.270 e. The van der Waals surface area contributed by atoms with E-state index >= 15 is 0 Å². The number of benzene rings is 1. The van der Waals surface area contributed by atoms with Crippen LogP contribution in [-0.2, 0) is 16.1 Å². The summed E-state index contributed by atoms with van der Waals surface area (Å²) in [6, 6.07) is 8.84. The number of halogens is 1. The van der Waals surface area contributed by atoms with Gasteiger partial charge < -0.3 is 16.0 Å². The van der Waals surface area contributed by atoms with Gasteiger partial charge in [-0.2, -0.15) is 5.26 Å². The quantitative estimate of drug-likeness (QED) is 0.447. The van der Waals surface area contributed by atoms with E-state index in [2.05, 4.69) is 21.9 Å². The molecule has 11 heteroatoms. The predicted octanol–water partition coefficient (Wildman–Crippen LogP) is 0.576. The van der Waals surface area contributed by atoms with Crippen molar-refractivity contribution >= 4 is 46.3 Å². The van der Waals surface area contributed by atoms with Crippen LogP contribution in [0.5, 0.6) is 0 Å². The molecule has 2 aromatic rings. The minimum atomic E-state index is -0.792. The van der Waals surface area contributed by atoms with Crippen molar-refractivity contribution in [1.82, 2.24) is 14.8 Å². The van der Waals surface area contributed by atoms with Crippen molar-refractivity contribution in [2.24, 2.45) is 0 Å². The topological polar surface area (TPSA) is 119 Å². The zero-order chi connectivity index (χ0) is 26.1. The van der Waals surface area contributed by atoms with Crippen LogP contribution in [0.2, 0.25) is 0 Å². The Bertz CT molecular complexity index is 1380. The average molecular weight is 511 g/mol. The number of carbonyl (C=O) groups is 2. The van der Waals surface area contributed by atoms with Crippen molar-refractivity contribution in [3.8, 4) is 18.4 Å². The SMILES string of the molecule is C#CCNC(=O)/C(C#N)=c1\s/c(=C/Nc2cccc(NC(=O)CN3CCC(F)CC3)c2)c(=O)n1CC. The lowest BCUT2D eigenvalue weighted by Gasteiger charge is -2.27. The third-order valence-corrected chi connectivity index (χ3v) is 6.66. The van der Waals surface area contributed by atoms with E-state index in [0.29, 0.717) is 41.8 Å². The molecule has 1 aliphatic heterocycles. The Morgan fingerprint density at radius 2 is 2.03 bits per heavy atom. The highest BCUT2D eigenvalue weighted by molar-refractivity contribution is 7.07. The molecule has 1 fully saturated rings. The third-order valence-electron chi connectivity index (χ3n) is 5.53. The van der Waals surface area contributed by atoms with Gasteiger partial charge in [-0.25, -0.2) is 4.39 Å². The van der Waals surface area contributed by atoms with Crippen LogP contribution in [0.4, 0.5) is 15.8 Å². The number of thiazole rings is 1. The largest absolute Gasteiger partial charge is 0.360 e. The number of likely N-dealkylation sites (tertiary alicyclic amines) is 1. The molecule has 1 aromatic carbocycles. The zero-order valence-corrected chi connectivity index (χ0v) is 20.7. The number of carbonyl (C=O) groups excluding carboxylic acids is 2. The van der Waals surface area contributed by atoms with E-state index in [0.717, 1.165) is 11.3 Å². The van der Waals surface area contributed by atoms with Crippen LogP contribution < -0.4 is 30.7 Å². The Hall–Kier alpha value is -3.93. The molecule has 1 saturated heterocycles. The fraction of sp³-hybridized carbons (Fsp3) is 0.360. The van der Waals surface area contributed by atoms with Crippen LogP contribution in [0.3, 0.4) is 0 Å². The van der Waals surface area contributed by atoms with Crippen LogP contribution in [0.25, 0.3) is 11.8 Å². The maximum absolute atomic E-state index is 13.3. The molecule has 1 aromatic heterocycles. The second-order valence-corrected chi connectivity index (χ2v) is 9.09. The predicted molar refractivity (Wildman–Crippen MR) is 138 cm³/mol. The highest BCUT2D eigenvalue weighted by Crippen LogP contribution is 2.16. The minimum absolute atomic E-state index is 0.0325. The van der Waals surface area contributed by atoms with Gasteiger partial charge in [0.15, 0.2) is 5.57 Å². The summed E-state index contributed by atoms with van der Waals surface area (Å²) in [6.07, 6.45) is 6.75. The molecular formula is C25H27FN6O3S. The minimum Gasteiger partial charge on any atom is -0.360 e. The molecule has 2 amide bonds. The van der Waals surface area contributed by atoms with Crippen molar-refractivity contribution in [3.63, 3.8) is 0 Å². The van der Waals surface area contributed by atoms with Gasteiger partial charge in [-0.15, -0.1) is 17.8 Å². The van der Waals surface area contributed by atoms with Crippen molar-refractivity contribution in [3.05, 3.63) is 43.8 Å². The first kappa shape index (κ1) is 26.7. The van der Waals surface area contributed by atoms with Gasteiger partial charge in [-0.1, -0.05) is 12.0 Å². The van der Waals surface area contributed by atoms with E-state index < -0.39 is 12.1 Å². The number of amides is 2. The lowest BCUT2D eigenvalue weighted by atomic mass is 10.1. The maximum atomic E-state index is 13.3. The molecule has 0 bridgehead atoms. The highest BCUT2D eigenvalue weighted by atomic mass is 32.1. The van der Waals surface area contributed by atoms with E-state index in [1.54, 1.807) is 31.2 Å². The summed E-state index contributed by atoms with van der Waals surface area (Å²) in [7, 11) is 0. The summed E-state index contributed by atoms with van der Waals surface area (Å²) >= 11 is 1.02. The van der Waals surface area contributed by atoms with Crippen LogP contribution in [0, 0.1) is 23.7 Å². The second-order valence-electron chi connectivity index (χ2n) is 8.06. The van der Waals surface area contributed by atoms with Crippen molar-refractivity contribution < 1.29 is 14.0 Å². The standard InChI is InChI=1S/C25H27FN6O3S/c1-3-10-28-23(34)20(14-27)25-32(4-2)24(35)21(36-25)15-29-18-6-5-7-19(13-18)30-22(33)16-31-11-8-17(26)9-12-31/h1,5-7,13,15,17,29H,4,8-12,16H2,2H3,(H,28,34)(H,30,33)/b21-15+,25-20-. The van der Waals surface area contributed by atoms with Gasteiger partial charge in [0.2, 0.25) is 5.91 Å². The number of rotatable bonds is 8. The van der Waals surface area contributed by atoms with Gasteiger partial charge in [0.05, 0.1) is 13.1 Å². The number of nitrogens with one attached hydrogen (secondary N) is 3. The Kier molecular flexibility index (Phi) is 9.39. The Balaban J connectivity index is 1.77. The molecule has 0 radical (unpaired) electrons. The number of aromatic nitrogens is 1. The Morgan fingerprint density at radius 3 is 2.69 bits per heavy atom. The first-order chi connectivity index (χ1) is 17.4. The van der Waals surface area contributed by atoms with E-state index in [4.69, 9.17) is 6.42 Å². The number of nitrogens with zero attached hydrogens (tertiary/aromatic N) is 3. The molecule has 36 heavy (non-hydrogen) atoms. The summed E-state index contributed by atoms with van der Waals surface area (Å²) in [5.41, 5.74) is 0.667. The molecule has 3 rings (SSSR count). The number of terminal acetylenes is 1. The van der Waals surface area contributed by atoms with E-state index in [1.165, 1.54) is 10.8 Å². The van der Waals surface area contributed by atoms with Gasteiger partial charge in [0.1, 0.15) is 21.4 Å². The zero-order valence-electron chi connectivity index (χ0n) is 19.8. The molecule has 188 valence electrons. The molecule has 0 saturated carbocycles. The summed E-state index contributed by atoms with van der Waals surface area (Å²) in [4.78, 5) is 39.5. The van der Waals surface area contributed by atoms with E-state index in [1.807, 2.05) is 11.0 Å². The molecule has 1 aliphatic rings. The van der Waals surface area contributed by atoms with Gasteiger partial charge in [0.25, 0.3) is 11.5 Å². The molecular weight excluding hydrogens is 483 g/mol. The van der Waals surface area contributed by atoms with Crippen molar-refractivity contribution in [2.45, 2.75) is 32.5 Å². The van der Waals surface area contributed by atoms with Crippen molar-refractivity contribution in [1.29, 1.82) is 5.26 Å². The van der Waals surface area contributed by atoms with Gasteiger partial charge in [-0.05, 0) is 38.0 Å². The monoisotopic (exact) mass is 510 g/mol. The smallest absolute Gasteiger partial charge is 0.270 e. The molecule has 0 aliphatic carbocycles. The fourth-order valence-corrected chi connectivity index (χ4v) is 4.79. The Morgan fingerprint density at radius 1 is 1.31 bits per heavy atom. The van der Waals surface area contributed by atoms with Crippen LogP contribution >= 0.6 is 11.3 Å². The summed E-state index contributed by atoms with van der Waals surface area (Å²) in [5.74, 6) is 1.44. The molecule has 0 atom stereocenters. The second kappa shape index (κ2) is 12.7. The Labute approximate surface area is 211 Å². The highest BCUT2D eigenvalue weighted by Gasteiger charge is 2.20. The summed E-state index contributed by atoms with van der Waals surface area (Å²) < 4.78 is 15.2. The molecule has 9 nitrogen and oxygen atoms in total. The average Bonchev–Trinajstić information content (AvgIpc) is 3.18. The number of piperidine rings is 1. The van der Waals surface area contributed by atoms with Crippen LogP contribution in [0.1, 0.15) is 19.8 Å².